The zero-order chi connectivity index (χ0) is 16.2. The molecule has 0 N–H and O–H groups in total. The van der Waals surface area contributed by atoms with Crippen molar-refractivity contribution < 1.29 is 9.59 Å². The molecule has 0 saturated carbocycles. The first-order valence-corrected chi connectivity index (χ1v) is 9.25. The summed E-state index contributed by atoms with van der Waals surface area (Å²) in [7, 11) is 0. The normalized spacial score (nSPS) is 15.3. The first kappa shape index (κ1) is 16.0. The molecule has 1 aliphatic heterocycles. The third-order valence-electron chi connectivity index (χ3n) is 3.89. The van der Waals surface area contributed by atoms with Crippen LogP contribution in [0.25, 0.3) is 6.08 Å². The van der Waals surface area contributed by atoms with E-state index >= 15 is 0 Å². The number of aryl methyl sites for hydroxylation is 1. The van der Waals surface area contributed by atoms with E-state index in [9.17, 15) is 9.59 Å². The third kappa shape index (κ3) is 3.71. The van der Waals surface area contributed by atoms with Gasteiger partial charge in [0.2, 0.25) is 5.91 Å². The van der Waals surface area contributed by atoms with Crippen LogP contribution in [-0.4, -0.2) is 47.8 Å². The maximum Gasteiger partial charge on any atom is 0.264 e. The maximum absolute atomic E-state index is 12.3. The number of hydrogen-bond acceptors (Lipinski definition) is 4. The molecule has 120 valence electrons. The predicted molar refractivity (Wildman–Crippen MR) is 94.9 cm³/mol. The average Bonchev–Trinajstić information content (AvgIpc) is 3.24. The zero-order valence-electron chi connectivity index (χ0n) is 12.9. The Kier molecular flexibility index (Phi) is 4.93. The number of carbonyl (C=O) groups excluding carboxylic acids is 2. The first-order chi connectivity index (χ1) is 11.1. The van der Waals surface area contributed by atoms with Gasteiger partial charge >= 0.3 is 0 Å². The highest BCUT2D eigenvalue weighted by Gasteiger charge is 2.24. The van der Waals surface area contributed by atoms with Crippen LogP contribution in [0.2, 0.25) is 0 Å². The van der Waals surface area contributed by atoms with E-state index in [1.807, 2.05) is 46.9 Å². The quantitative estimate of drug-likeness (QED) is 0.801. The van der Waals surface area contributed by atoms with Gasteiger partial charge in [-0.1, -0.05) is 6.07 Å². The van der Waals surface area contributed by atoms with E-state index in [4.69, 9.17) is 0 Å². The molecule has 6 heteroatoms. The topological polar surface area (TPSA) is 40.6 Å². The molecule has 2 amide bonds. The van der Waals surface area contributed by atoms with Gasteiger partial charge in [0.1, 0.15) is 0 Å². The van der Waals surface area contributed by atoms with Crippen LogP contribution in [0, 0.1) is 6.92 Å². The second-order valence-corrected chi connectivity index (χ2v) is 7.29. The monoisotopic (exact) mass is 346 g/mol. The van der Waals surface area contributed by atoms with Crippen LogP contribution in [0.5, 0.6) is 0 Å². The molecule has 2 aromatic heterocycles. The summed E-state index contributed by atoms with van der Waals surface area (Å²) >= 11 is 3.09. The fourth-order valence-corrected chi connectivity index (χ4v) is 4.00. The standard InChI is InChI=1S/C17H18N2O2S2/c1-13-6-12-23-14(13)4-5-16(20)18-7-9-19(10-8-18)17(21)15-3-2-11-22-15/h2-6,11-12H,7-10H2,1H3/b5-4+. The van der Waals surface area contributed by atoms with Crippen molar-refractivity contribution in [3.05, 3.63) is 50.4 Å². The molecule has 2 aromatic rings. The fourth-order valence-electron chi connectivity index (χ4n) is 2.49. The van der Waals surface area contributed by atoms with Crippen LogP contribution in [-0.2, 0) is 4.79 Å². The largest absolute Gasteiger partial charge is 0.336 e. The number of thiophene rings is 2. The van der Waals surface area contributed by atoms with Gasteiger partial charge in [-0.25, -0.2) is 0 Å². The van der Waals surface area contributed by atoms with Crippen molar-refractivity contribution in [2.45, 2.75) is 6.92 Å². The molecule has 1 fully saturated rings. The molecule has 3 rings (SSSR count). The van der Waals surface area contributed by atoms with Crippen molar-refractivity contribution in [3.8, 4) is 0 Å². The van der Waals surface area contributed by atoms with Crippen molar-refractivity contribution in [2.75, 3.05) is 26.2 Å². The van der Waals surface area contributed by atoms with Crippen molar-refractivity contribution in [1.82, 2.24) is 9.80 Å². The van der Waals surface area contributed by atoms with Gasteiger partial charge in [-0.15, -0.1) is 22.7 Å². The third-order valence-corrected chi connectivity index (χ3v) is 5.73. The summed E-state index contributed by atoms with van der Waals surface area (Å²) in [5.41, 5.74) is 1.19. The average molecular weight is 346 g/mol. The van der Waals surface area contributed by atoms with Gasteiger partial charge in [-0.05, 0) is 41.5 Å². The molecule has 0 atom stereocenters. The Labute approximate surface area is 143 Å². The number of piperazine rings is 1. The molecule has 1 saturated heterocycles. The number of nitrogens with zero attached hydrogens (tertiary/aromatic N) is 2. The molecule has 0 radical (unpaired) electrons. The van der Waals surface area contributed by atoms with E-state index < -0.39 is 0 Å². The van der Waals surface area contributed by atoms with Crippen LogP contribution < -0.4 is 0 Å². The van der Waals surface area contributed by atoms with Gasteiger partial charge in [0, 0.05) is 37.1 Å². The number of rotatable bonds is 3. The van der Waals surface area contributed by atoms with E-state index in [-0.39, 0.29) is 11.8 Å². The Morgan fingerprint density at radius 2 is 1.78 bits per heavy atom. The fraction of sp³-hybridized carbons (Fsp3) is 0.294. The Balaban J connectivity index is 1.54. The van der Waals surface area contributed by atoms with Gasteiger partial charge < -0.3 is 9.80 Å². The lowest BCUT2D eigenvalue weighted by molar-refractivity contribution is -0.127. The molecule has 0 unspecified atom stereocenters. The molecular weight excluding hydrogens is 328 g/mol. The maximum atomic E-state index is 12.3. The molecule has 23 heavy (non-hydrogen) atoms. The lowest BCUT2D eigenvalue weighted by Gasteiger charge is -2.34. The number of amides is 2. The van der Waals surface area contributed by atoms with Gasteiger partial charge in [0.25, 0.3) is 5.91 Å². The minimum Gasteiger partial charge on any atom is -0.336 e. The summed E-state index contributed by atoms with van der Waals surface area (Å²) in [5.74, 6) is 0.0814. The van der Waals surface area contributed by atoms with E-state index in [2.05, 4.69) is 0 Å². The lowest BCUT2D eigenvalue weighted by Crippen LogP contribution is -2.50. The highest BCUT2D eigenvalue weighted by atomic mass is 32.1. The summed E-state index contributed by atoms with van der Waals surface area (Å²) in [6.45, 7) is 4.39. The second kappa shape index (κ2) is 7.10. The van der Waals surface area contributed by atoms with Gasteiger partial charge in [-0.3, -0.25) is 9.59 Å². The highest BCUT2D eigenvalue weighted by Crippen LogP contribution is 2.18. The van der Waals surface area contributed by atoms with E-state index in [1.54, 1.807) is 22.3 Å². The van der Waals surface area contributed by atoms with E-state index in [0.29, 0.717) is 26.2 Å². The van der Waals surface area contributed by atoms with Crippen molar-refractivity contribution >= 4 is 40.6 Å². The minimum absolute atomic E-state index is 0.0148. The second-order valence-electron chi connectivity index (χ2n) is 5.40. The summed E-state index contributed by atoms with van der Waals surface area (Å²) in [5, 5.41) is 3.93. The SMILES string of the molecule is Cc1ccsc1/C=C/C(=O)N1CCN(C(=O)c2cccs2)CC1. The molecule has 1 aliphatic rings. The van der Waals surface area contributed by atoms with Crippen molar-refractivity contribution in [2.24, 2.45) is 0 Å². The van der Waals surface area contributed by atoms with Crippen LogP contribution in [0.1, 0.15) is 20.1 Å². The Bertz CT molecular complexity index is 711. The molecule has 3 heterocycles. The number of carbonyl (C=O) groups is 2. The molecule has 4 nitrogen and oxygen atoms in total. The van der Waals surface area contributed by atoms with Gasteiger partial charge in [0.15, 0.2) is 0 Å². The van der Waals surface area contributed by atoms with Crippen LogP contribution in [0.15, 0.2) is 35.0 Å². The summed E-state index contributed by atoms with van der Waals surface area (Å²) in [6, 6.07) is 5.77. The van der Waals surface area contributed by atoms with E-state index in [1.165, 1.54) is 16.9 Å². The Hall–Kier alpha value is -1.92. The zero-order valence-corrected chi connectivity index (χ0v) is 14.5. The minimum atomic E-state index is 0.0148. The molecule has 0 bridgehead atoms. The van der Waals surface area contributed by atoms with Crippen molar-refractivity contribution in [1.29, 1.82) is 0 Å². The number of hydrogen-bond donors (Lipinski definition) is 0. The summed E-state index contributed by atoms with van der Waals surface area (Å²) in [4.78, 5) is 30.0. The smallest absolute Gasteiger partial charge is 0.264 e. The van der Waals surface area contributed by atoms with Crippen molar-refractivity contribution in [3.63, 3.8) is 0 Å². The first-order valence-electron chi connectivity index (χ1n) is 7.49. The lowest BCUT2D eigenvalue weighted by atomic mass is 10.2. The molecule has 0 aliphatic carbocycles. The van der Waals surface area contributed by atoms with Gasteiger partial charge in [0.05, 0.1) is 4.88 Å². The Morgan fingerprint density at radius 1 is 1.04 bits per heavy atom. The Morgan fingerprint density at radius 3 is 2.39 bits per heavy atom. The van der Waals surface area contributed by atoms with Crippen LogP contribution in [0.3, 0.4) is 0 Å². The predicted octanol–water partition coefficient (Wildman–Crippen LogP) is 3.12. The molecule has 0 spiro atoms. The van der Waals surface area contributed by atoms with Crippen LogP contribution in [0.4, 0.5) is 0 Å². The van der Waals surface area contributed by atoms with Crippen LogP contribution >= 0.6 is 22.7 Å². The summed E-state index contributed by atoms with van der Waals surface area (Å²) in [6.07, 6.45) is 3.51. The van der Waals surface area contributed by atoms with E-state index in [0.717, 1.165) is 9.75 Å². The molecular formula is C17H18N2O2S2. The van der Waals surface area contributed by atoms with Gasteiger partial charge in [-0.2, -0.15) is 0 Å². The summed E-state index contributed by atoms with van der Waals surface area (Å²) < 4.78 is 0. The molecule has 0 aromatic carbocycles. The highest BCUT2D eigenvalue weighted by molar-refractivity contribution is 7.12.